The lowest BCUT2D eigenvalue weighted by molar-refractivity contribution is -0.122. The normalized spacial score (nSPS) is 16.9. The Hall–Kier alpha value is -1.35. The van der Waals surface area contributed by atoms with E-state index in [0.717, 1.165) is 23.7 Å². The van der Waals surface area contributed by atoms with Crippen molar-refractivity contribution in [1.29, 1.82) is 0 Å². The van der Waals surface area contributed by atoms with Gasteiger partial charge in [0.1, 0.15) is 6.04 Å². The molecule has 7 nitrogen and oxygen atoms in total. The standard InChI is InChI=1S/C17H26ClN3O4S/c1-3-16(17(22)19-7-8-20-9-11-25-12-10-20)21(26(2,23)24)15-6-4-5-14(18)13-15/h4-6,13,16H,3,7-12H2,1-2H3,(H,19,22)/t16-/m1/s1. The molecule has 146 valence electrons. The van der Waals surface area contributed by atoms with E-state index >= 15 is 0 Å². The van der Waals surface area contributed by atoms with E-state index in [-0.39, 0.29) is 5.91 Å². The van der Waals surface area contributed by atoms with Crippen LogP contribution >= 0.6 is 11.6 Å². The summed E-state index contributed by atoms with van der Waals surface area (Å²) < 4.78 is 31.1. The number of carbonyl (C=O) groups excluding carboxylic acids is 1. The fraction of sp³-hybridized carbons (Fsp3) is 0.588. The van der Waals surface area contributed by atoms with Crippen molar-refractivity contribution in [3.63, 3.8) is 0 Å². The largest absolute Gasteiger partial charge is 0.379 e. The van der Waals surface area contributed by atoms with Crippen molar-refractivity contribution < 1.29 is 17.9 Å². The molecule has 0 aromatic heterocycles. The van der Waals surface area contributed by atoms with E-state index in [9.17, 15) is 13.2 Å². The summed E-state index contributed by atoms with van der Waals surface area (Å²) >= 11 is 6.00. The maximum atomic E-state index is 12.7. The van der Waals surface area contributed by atoms with Crippen LogP contribution in [-0.4, -0.2) is 70.9 Å². The van der Waals surface area contributed by atoms with Gasteiger partial charge in [0.25, 0.3) is 0 Å². The van der Waals surface area contributed by atoms with Crippen LogP contribution in [0.4, 0.5) is 5.69 Å². The van der Waals surface area contributed by atoms with Gasteiger partial charge in [0.15, 0.2) is 0 Å². The Balaban J connectivity index is 2.07. The van der Waals surface area contributed by atoms with Crippen LogP contribution in [0.1, 0.15) is 13.3 Å². The SMILES string of the molecule is CC[C@H](C(=O)NCCN1CCOCC1)N(c1cccc(Cl)c1)S(C)(=O)=O. The highest BCUT2D eigenvalue weighted by molar-refractivity contribution is 7.92. The van der Waals surface area contributed by atoms with Gasteiger partial charge in [-0.3, -0.25) is 14.0 Å². The number of morpholine rings is 1. The molecule has 1 fully saturated rings. The first-order valence-corrected chi connectivity index (χ1v) is 10.9. The average molecular weight is 404 g/mol. The molecule has 0 saturated carbocycles. The molecule has 0 unspecified atom stereocenters. The zero-order valence-electron chi connectivity index (χ0n) is 15.2. The predicted octanol–water partition coefficient (Wildman–Crippen LogP) is 1.33. The first kappa shape index (κ1) is 21.0. The molecule has 1 saturated heterocycles. The number of nitrogens with one attached hydrogen (secondary N) is 1. The fourth-order valence-corrected chi connectivity index (χ4v) is 4.34. The van der Waals surface area contributed by atoms with Gasteiger partial charge >= 0.3 is 0 Å². The van der Waals surface area contributed by atoms with Gasteiger partial charge in [0.05, 0.1) is 25.2 Å². The number of hydrogen-bond acceptors (Lipinski definition) is 5. The van der Waals surface area contributed by atoms with Crippen LogP contribution in [0.2, 0.25) is 5.02 Å². The number of benzene rings is 1. The summed E-state index contributed by atoms with van der Waals surface area (Å²) in [6.45, 7) is 6.03. The number of carbonyl (C=O) groups is 1. The third-order valence-corrected chi connectivity index (χ3v) is 5.64. The first-order valence-electron chi connectivity index (χ1n) is 8.65. The maximum absolute atomic E-state index is 12.7. The minimum atomic E-state index is -3.65. The number of halogens is 1. The molecule has 1 aliphatic rings. The Morgan fingerprint density at radius 1 is 1.38 bits per heavy atom. The van der Waals surface area contributed by atoms with Gasteiger partial charge in [0.2, 0.25) is 15.9 Å². The molecule has 9 heteroatoms. The Kier molecular flexibility index (Phi) is 7.69. The molecule has 1 aliphatic heterocycles. The van der Waals surface area contributed by atoms with Crippen molar-refractivity contribution in [2.24, 2.45) is 0 Å². The maximum Gasteiger partial charge on any atom is 0.243 e. The van der Waals surface area contributed by atoms with Crippen LogP contribution < -0.4 is 9.62 Å². The van der Waals surface area contributed by atoms with Crippen molar-refractivity contribution >= 4 is 33.2 Å². The van der Waals surface area contributed by atoms with Gasteiger partial charge in [-0.1, -0.05) is 24.6 Å². The van der Waals surface area contributed by atoms with Gasteiger partial charge in [-0.05, 0) is 24.6 Å². The van der Waals surface area contributed by atoms with E-state index < -0.39 is 16.1 Å². The number of amides is 1. The molecular formula is C17H26ClN3O4S. The highest BCUT2D eigenvalue weighted by Gasteiger charge is 2.31. The number of sulfonamides is 1. The van der Waals surface area contributed by atoms with Crippen molar-refractivity contribution in [1.82, 2.24) is 10.2 Å². The highest BCUT2D eigenvalue weighted by atomic mass is 35.5. The second-order valence-corrected chi connectivity index (χ2v) is 8.50. The summed E-state index contributed by atoms with van der Waals surface area (Å²) in [4.78, 5) is 14.9. The molecular weight excluding hydrogens is 378 g/mol. The molecule has 0 aliphatic carbocycles. The number of hydrogen-bond donors (Lipinski definition) is 1. The van der Waals surface area contributed by atoms with Crippen LogP contribution in [0, 0.1) is 0 Å². The molecule has 1 atom stereocenters. The quantitative estimate of drug-likeness (QED) is 0.708. The second-order valence-electron chi connectivity index (χ2n) is 6.21. The summed E-state index contributed by atoms with van der Waals surface area (Å²) in [7, 11) is -3.65. The predicted molar refractivity (Wildman–Crippen MR) is 103 cm³/mol. The molecule has 2 rings (SSSR count). The molecule has 1 aromatic rings. The van der Waals surface area contributed by atoms with Crippen molar-refractivity contribution in [3.05, 3.63) is 29.3 Å². The lowest BCUT2D eigenvalue weighted by atomic mass is 10.2. The zero-order valence-corrected chi connectivity index (χ0v) is 16.7. The monoisotopic (exact) mass is 403 g/mol. The smallest absolute Gasteiger partial charge is 0.243 e. The average Bonchev–Trinajstić information content (AvgIpc) is 2.59. The summed E-state index contributed by atoms with van der Waals surface area (Å²) in [5, 5.41) is 3.27. The number of ether oxygens (including phenoxy) is 1. The molecule has 1 aromatic carbocycles. The highest BCUT2D eigenvalue weighted by Crippen LogP contribution is 2.25. The summed E-state index contributed by atoms with van der Waals surface area (Å²) in [6, 6.07) is 5.68. The lowest BCUT2D eigenvalue weighted by Crippen LogP contribution is -2.50. The third-order valence-electron chi connectivity index (χ3n) is 4.22. The van der Waals surface area contributed by atoms with Gasteiger partial charge < -0.3 is 10.1 Å². The van der Waals surface area contributed by atoms with Crippen molar-refractivity contribution in [2.75, 3.05) is 50.0 Å². The molecule has 26 heavy (non-hydrogen) atoms. The first-order chi connectivity index (χ1) is 12.3. The summed E-state index contributed by atoms with van der Waals surface area (Å²) in [5.41, 5.74) is 0.384. The van der Waals surface area contributed by atoms with Crippen LogP contribution in [0.3, 0.4) is 0 Å². The molecule has 1 amide bonds. The van der Waals surface area contributed by atoms with Crippen LogP contribution in [-0.2, 0) is 19.6 Å². The molecule has 0 bridgehead atoms. The van der Waals surface area contributed by atoms with E-state index in [2.05, 4.69) is 10.2 Å². The van der Waals surface area contributed by atoms with E-state index in [1.54, 1.807) is 31.2 Å². The molecule has 1 heterocycles. The van der Waals surface area contributed by atoms with Crippen molar-refractivity contribution in [2.45, 2.75) is 19.4 Å². The topological polar surface area (TPSA) is 79.0 Å². The van der Waals surface area contributed by atoms with Crippen LogP contribution in [0.25, 0.3) is 0 Å². The van der Waals surface area contributed by atoms with Crippen molar-refractivity contribution in [3.8, 4) is 0 Å². The van der Waals surface area contributed by atoms with Gasteiger partial charge in [-0.25, -0.2) is 8.42 Å². The Labute approximate surface area is 160 Å². The Morgan fingerprint density at radius 2 is 2.08 bits per heavy atom. The number of nitrogens with zero attached hydrogens (tertiary/aromatic N) is 2. The summed E-state index contributed by atoms with van der Waals surface area (Å²) in [6.07, 6.45) is 1.44. The van der Waals surface area contributed by atoms with E-state index in [0.29, 0.717) is 43.4 Å². The Morgan fingerprint density at radius 3 is 2.65 bits per heavy atom. The Bertz CT molecular complexity index is 708. The number of anilines is 1. The molecule has 0 spiro atoms. The summed E-state index contributed by atoms with van der Waals surface area (Å²) in [5.74, 6) is -0.314. The van der Waals surface area contributed by atoms with Crippen LogP contribution in [0.15, 0.2) is 24.3 Å². The minimum absolute atomic E-state index is 0.314. The molecule has 1 N–H and O–H groups in total. The van der Waals surface area contributed by atoms with Gasteiger partial charge in [-0.15, -0.1) is 0 Å². The van der Waals surface area contributed by atoms with Crippen LogP contribution in [0.5, 0.6) is 0 Å². The molecule has 0 radical (unpaired) electrons. The van der Waals surface area contributed by atoms with E-state index in [1.165, 1.54) is 0 Å². The fourth-order valence-electron chi connectivity index (χ4n) is 2.95. The lowest BCUT2D eigenvalue weighted by Gasteiger charge is -2.31. The van der Waals surface area contributed by atoms with Gasteiger partial charge in [-0.2, -0.15) is 0 Å². The third kappa shape index (κ3) is 5.84. The minimum Gasteiger partial charge on any atom is -0.379 e. The van der Waals surface area contributed by atoms with E-state index in [4.69, 9.17) is 16.3 Å². The zero-order chi connectivity index (χ0) is 19.2. The number of rotatable bonds is 8. The van der Waals surface area contributed by atoms with E-state index in [1.807, 2.05) is 0 Å². The van der Waals surface area contributed by atoms with Gasteiger partial charge in [0, 0.05) is 31.2 Å². The second kappa shape index (κ2) is 9.55.